The molecule has 4 aromatic rings. The number of ether oxygens (including phenoxy) is 1. The van der Waals surface area contributed by atoms with Gasteiger partial charge in [0.1, 0.15) is 17.0 Å². The molecule has 4 aromatic heterocycles. The molecule has 1 saturated heterocycles. The van der Waals surface area contributed by atoms with E-state index in [4.69, 9.17) is 9.72 Å². The summed E-state index contributed by atoms with van der Waals surface area (Å²) >= 11 is 0. The summed E-state index contributed by atoms with van der Waals surface area (Å²) in [5, 5.41) is 8.13. The number of hydrogen-bond acceptors (Lipinski definition) is 6. The number of rotatable bonds is 3. The van der Waals surface area contributed by atoms with Gasteiger partial charge in [0.25, 0.3) is 0 Å². The normalized spacial score (nSPS) is 14.6. The second-order valence-electron chi connectivity index (χ2n) is 6.39. The van der Waals surface area contributed by atoms with E-state index in [1.54, 1.807) is 6.20 Å². The van der Waals surface area contributed by atoms with Crippen molar-refractivity contribution in [2.45, 2.75) is 0 Å². The van der Waals surface area contributed by atoms with Crippen molar-refractivity contribution in [3.05, 3.63) is 55.1 Å². The predicted octanol–water partition coefficient (Wildman–Crippen LogP) is 2.92. The van der Waals surface area contributed by atoms with E-state index >= 15 is 0 Å². The van der Waals surface area contributed by atoms with E-state index in [9.17, 15) is 0 Å². The maximum Gasteiger partial charge on any atom is 0.130 e. The van der Waals surface area contributed by atoms with Crippen LogP contribution in [0, 0.1) is 0 Å². The van der Waals surface area contributed by atoms with Gasteiger partial charge in [-0.1, -0.05) is 0 Å². The van der Waals surface area contributed by atoms with Crippen LogP contribution in [-0.2, 0) is 4.74 Å². The molecule has 1 aliphatic rings. The first-order valence-corrected chi connectivity index (χ1v) is 8.93. The molecule has 27 heavy (non-hydrogen) atoms. The highest BCUT2D eigenvalue weighted by atomic mass is 16.5. The Bertz CT molecular complexity index is 1060. The van der Waals surface area contributed by atoms with Gasteiger partial charge >= 0.3 is 0 Å². The average Bonchev–Trinajstić information content (AvgIpc) is 3.28. The van der Waals surface area contributed by atoms with E-state index < -0.39 is 0 Å². The van der Waals surface area contributed by atoms with E-state index in [2.05, 4.69) is 31.1 Å². The van der Waals surface area contributed by atoms with Crippen molar-refractivity contribution in [1.82, 2.24) is 25.1 Å². The third-order valence-electron chi connectivity index (χ3n) is 4.80. The zero-order chi connectivity index (χ0) is 18.1. The van der Waals surface area contributed by atoms with Crippen molar-refractivity contribution in [3.8, 4) is 22.5 Å². The standard InChI is InChI=1S/C20H18N6O/c1-5-21-6-2-14(1)16-13-18(26-9-11-27-12-10-26)24-19-15(16)3-7-22-20(19)17-4-8-23-25-17/h1-8,13H,9-12H2,(H,23,25). The lowest BCUT2D eigenvalue weighted by atomic mass is 10.0. The molecule has 0 amide bonds. The highest BCUT2D eigenvalue weighted by molar-refractivity contribution is 6.01. The number of pyridine rings is 3. The monoisotopic (exact) mass is 358 g/mol. The summed E-state index contributed by atoms with van der Waals surface area (Å²) in [6.45, 7) is 3.08. The first-order valence-electron chi connectivity index (χ1n) is 8.93. The smallest absolute Gasteiger partial charge is 0.130 e. The molecule has 0 aliphatic carbocycles. The second kappa shape index (κ2) is 6.77. The Morgan fingerprint density at radius 1 is 0.963 bits per heavy atom. The van der Waals surface area contributed by atoms with Gasteiger partial charge in [0.2, 0.25) is 0 Å². The van der Waals surface area contributed by atoms with Gasteiger partial charge in [0.15, 0.2) is 0 Å². The molecule has 0 spiro atoms. The molecule has 0 aromatic carbocycles. The summed E-state index contributed by atoms with van der Waals surface area (Å²) in [4.78, 5) is 16.0. The summed E-state index contributed by atoms with van der Waals surface area (Å²) in [6.07, 6.45) is 7.17. The van der Waals surface area contributed by atoms with Crippen LogP contribution in [0.4, 0.5) is 5.82 Å². The van der Waals surface area contributed by atoms with Crippen molar-refractivity contribution in [2.75, 3.05) is 31.2 Å². The lowest BCUT2D eigenvalue weighted by Gasteiger charge is -2.28. The quantitative estimate of drug-likeness (QED) is 0.607. The van der Waals surface area contributed by atoms with E-state index in [1.165, 1.54) is 0 Å². The van der Waals surface area contributed by atoms with Crippen LogP contribution < -0.4 is 4.90 Å². The van der Waals surface area contributed by atoms with E-state index in [1.807, 2.05) is 42.9 Å². The minimum Gasteiger partial charge on any atom is -0.378 e. The highest BCUT2D eigenvalue weighted by Crippen LogP contribution is 2.34. The molecule has 5 heterocycles. The molecule has 5 rings (SSSR count). The lowest BCUT2D eigenvalue weighted by molar-refractivity contribution is 0.122. The predicted molar refractivity (Wildman–Crippen MR) is 103 cm³/mol. The fourth-order valence-corrected chi connectivity index (χ4v) is 3.45. The molecule has 7 nitrogen and oxygen atoms in total. The van der Waals surface area contributed by atoms with Crippen LogP contribution in [0.1, 0.15) is 0 Å². The van der Waals surface area contributed by atoms with Crippen LogP contribution in [0.5, 0.6) is 0 Å². The number of hydrogen-bond donors (Lipinski definition) is 1. The number of fused-ring (bicyclic) bond motifs is 1. The minimum atomic E-state index is 0.713. The van der Waals surface area contributed by atoms with Crippen LogP contribution in [0.25, 0.3) is 33.4 Å². The van der Waals surface area contributed by atoms with E-state index in [-0.39, 0.29) is 0 Å². The summed E-state index contributed by atoms with van der Waals surface area (Å²) in [7, 11) is 0. The Morgan fingerprint density at radius 2 is 1.81 bits per heavy atom. The van der Waals surface area contributed by atoms with Crippen molar-refractivity contribution < 1.29 is 4.74 Å². The summed E-state index contributed by atoms with van der Waals surface area (Å²) in [6, 6.07) is 10.1. The van der Waals surface area contributed by atoms with Gasteiger partial charge in [-0.2, -0.15) is 5.10 Å². The van der Waals surface area contributed by atoms with Gasteiger partial charge in [0, 0.05) is 43.3 Å². The third kappa shape index (κ3) is 2.92. The summed E-state index contributed by atoms with van der Waals surface area (Å²) < 4.78 is 5.50. The molecule has 1 N–H and O–H groups in total. The van der Waals surface area contributed by atoms with Crippen LogP contribution in [0.15, 0.2) is 55.1 Å². The van der Waals surface area contributed by atoms with Gasteiger partial charge in [0.05, 0.1) is 18.9 Å². The number of aromatic amines is 1. The van der Waals surface area contributed by atoms with Gasteiger partial charge in [-0.05, 0) is 41.5 Å². The molecule has 1 fully saturated rings. The van der Waals surface area contributed by atoms with E-state index in [0.29, 0.717) is 13.2 Å². The Balaban J connectivity index is 1.77. The van der Waals surface area contributed by atoms with Gasteiger partial charge < -0.3 is 9.64 Å². The lowest BCUT2D eigenvalue weighted by Crippen LogP contribution is -2.36. The number of morpholine rings is 1. The fourth-order valence-electron chi connectivity index (χ4n) is 3.45. The third-order valence-corrected chi connectivity index (χ3v) is 4.80. The maximum atomic E-state index is 5.50. The van der Waals surface area contributed by atoms with Crippen molar-refractivity contribution in [2.24, 2.45) is 0 Å². The summed E-state index contributed by atoms with van der Waals surface area (Å²) in [5.41, 5.74) is 4.74. The van der Waals surface area contributed by atoms with Crippen LogP contribution in [0.3, 0.4) is 0 Å². The Hall–Kier alpha value is -3.32. The van der Waals surface area contributed by atoms with Crippen LogP contribution in [0.2, 0.25) is 0 Å². The molecule has 1 aliphatic heterocycles. The first-order chi connectivity index (χ1) is 13.4. The number of nitrogens with zero attached hydrogens (tertiary/aromatic N) is 5. The van der Waals surface area contributed by atoms with Crippen LogP contribution in [-0.4, -0.2) is 51.5 Å². The molecular formula is C20H18N6O. The Kier molecular flexibility index (Phi) is 3.99. The minimum absolute atomic E-state index is 0.713. The Labute approximate surface area is 156 Å². The topological polar surface area (TPSA) is 79.8 Å². The molecule has 0 radical (unpaired) electrons. The zero-order valence-corrected chi connectivity index (χ0v) is 14.7. The molecular weight excluding hydrogens is 340 g/mol. The van der Waals surface area contributed by atoms with Crippen molar-refractivity contribution in [3.63, 3.8) is 0 Å². The molecule has 7 heteroatoms. The zero-order valence-electron chi connectivity index (χ0n) is 14.7. The fraction of sp³-hybridized carbons (Fsp3) is 0.200. The maximum absolute atomic E-state index is 5.50. The average molecular weight is 358 g/mol. The van der Waals surface area contributed by atoms with Crippen molar-refractivity contribution in [1.29, 1.82) is 0 Å². The number of anilines is 1. The SMILES string of the molecule is c1cc(-c2cc(N3CCOCC3)nc3c(-c4ccn[nH]4)nccc23)ccn1. The molecule has 0 bridgehead atoms. The molecule has 0 saturated carbocycles. The summed E-state index contributed by atoms with van der Waals surface area (Å²) in [5.74, 6) is 0.936. The Morgan fingerprint density at radius 3 is 2.59 bits per heavy atom. The van der Waals surface area contributed by atoms with E-state index in [0.717, 1.165) is 52.3 Å². The number of aromatic nitrogens is 5. The highest BCUT2D eigenvalue weighted by Gasteiger charge is 2.18. The second-order valence-corrected chi connectivity index (χ2v) is 6.39. The van der Waals surface area contributed by atoms with Gasteiger partial charge in [-0.3, -0.25) is 15.1 Å². The first kappa shape index (κ1) is 15.9. The van der Waals surface area contributed by atoms with Crippen LogP contribution >= 0.6 is 0 Å². The molecule has 0 unspecified atom stereocenters. The largest absolute Gasteiger partial charge is 0.378 e. The molecule has 134 valence electrons. The number of H-pyrrole nitrogens is 1. The molecule has 0 atom stereocenters. The van der Waals surface area contributed by atoms with Gasteiger partial charge in [-0.15, -0.1) is 0 Å². The van der Waals surface area contributed by atoms with Crippen molar-refractivity contribution >= 4 is 16.7 Å². The van der Waals surface area contributed by atoms with Gasteiger partial charge in [-0.25, -0.2) is 4.98 Å². The number of nitrogens with one attached hydrogen (secondary N) is 1.